The van der Waals surface area contributed by atoms with Gasteiger partial charge in [0.05, 0.1) is 75.7 Å². The van der Waals surface area contributed by atoms with E-state index in [2.05, 4.69) is 95.7 Å². The number of hydrogen-bond donors (Lipinski definition) is 7. The highest BCUT2D eigenvalue weighted by Gasteiger charge is 2.29. The van der Waals surface area contributed by atoms with Gasteiger partial charge < -0.3 is 45.3 Å². The lowest BCUT2D eigenvalue weighted by molar-refractivity contribution is 0.0532. The molecule has 0 bridgehead atoms. The van der Waals surface area contributed by atoms with Crippen molar-refractivity contribution >= 4 is 124 Å². The average molecular weight is 1330 g/mol. The molecule has 7 N–H and O–H groups in total. The van der Waals surface area contributed by atoms with E-state index in [-0.39, 0.29) is 30.0 Å². The van der Waals surface area contributed by atoms with E-state index in [1.54, 1.807) is 82.3 Å². The molecule has 0 saturated heterocycles. The van der Waals surface area contributed by atoms with Gasteiger partial charge in [0.2, 0.25) is 0 Å². The number of H-pyrrole nitrogens is 3. The fourth-order valence-corrected chi connectivity index (χ4v) is 10.4. The lowest BCUT2D eigenvalue weighted by Gasteiger charge is -2.28. The highest BCUT2D eigenvalue weighted by atomic mass is 127. The average Bonchev–Trinajstić information content (AvgIpc) is 4.52. The van der Waals surface area contributed by atoms with Gasteiger partial charge in [0.1, 0.15) is 33.3 Å². The highest BCUT2D eigenvalue weighted by Crippen LogP contribution is 2.26. The van der Waals surface area contributed by atoms with E-state index < -0.39 is 29.5 Å². The molecule has 4 atom stereocenters. The van der Waals surface area contributed by atoms with E-state index in [4.69, 9.17) is 9.47 Å². The van der Waals surface area contributed by atoms with E-state index in [1.807, 2.05) is 81.7 Å². The molecule has 2 aliphatic carbocycles. The van der Waals surface area contributed by atoms with Gasteiger partial charge in [0.25, 0.3) is 11.8 Å². The molecule has 20 nitrogen and oxygen atoms in total. The smallest absolute Gasteiger partial charge is 0.419 e. The summed E-state index contributed by atoms with van der Waals surface area (Å²) in [7, 11) is 0. The molecule has 10 aromatic rings. The van der Waals surface area contributed by atoms with Gasteiger partial charge in [-0.25, -0.2) is 14.2 Å². The summed E-state index contributed by atoms with van der Waals surface area (Å²) in [6.07, 6.45) is 22.4. The van der Waals surface area contributed by atoms with E-state index in [1.165, 1.54) is 18.9 Å². The number of carbonyl (C=O) groups is 4. The van der Waals surface area contributed by atoms with Gasteiger partial charge in [-0.05, 0) is 179 Å². The van der Waals surface area contributed by atoms with Gasteiger partial charge >= 0.3 is 12.2 Å². The van der Waals surface area contributed by atoms with Gasteiger partial charge in [-0.1, -0.05) is 25.7 Å². The molecule has 12 rings (SSSR count). The lowest BCUT2D eigenvalue weighted by Crippen LogP contribution is -2.45. The van der Waals surface area contributed by atoms with Gasteiger partial charge in [-0.2, -0.15) is 0 Å². The molecular formula is C59H66I2N12O8. The van der Waals surface area contributed by atoms with E-state index in [9.17, 15) is 29.4 Å². The van der Waals surface area contributed by atoms with Crippen molar-refractivity contribution in [3.63, 3.8) is 0 Å². The number of hydrogen-bond acceptors (Lipinski definition) is 13. The zero-order valence-corrected chi connectivity index (χ0v) is 50.1. The Morgan fingerprint density at radius 3 is 1.54 bits per heavy atom. The van der Waals surface area contributed by atoms with Crippen LogP contribution < -0.4 is 10.6 Å². The number of pyridine rings is 5. The number of ether oxygens (including phenoxy) is 2. The summed E-state index contributed by atoms with van der Waals surface area (Å²) < 4.78 is 15.7. The summed E-state index contributed by atoms with van der Waals surface area (Å²) in [5.41, 5.74) is 8.01. The number of amides is 2. The Morgan fingerprint density at radius 2 is 0.988 bits per heavy atom. The van der Waals surface area contributed by atoms with Crippen molar-refractivity contribution in [2.45, 2.75) is 128 Å². The van der Waals surface area contributed by atoms with E-state index >= 15 is 0 Å². The van der Waals surface area contributed by atoms with E-state index in [0.29, 0.717) is 34.1 Å². The first-order valence-electron chi connectivity index (χ1n) is 26.6. The van der Waals surface area contributed by atoms with Crippen molar-refractivity contribution in [2.24, 2.45) is 0 Å². The SMILES string of the molecule is CC(C)(C)OC(=O)n1cc(C(=O)N[C@H]2CCCC[C@@H]2O)c2ncccc21.CC(C)(C)OC(=O)n1cc(I)c2ncccc21.Ic1c[nH]c2cccnc12.O=C(N[C@H]1CCCC[C@@H]1O)c1c[nH]c2cccnc12.c1cnc2cc[nH]c2c1. The third-order valence-corrected chi connectivity index (χ3v) is 14.6. The normalized spacial score (nSPS) is 17.1. The predicted molar refractivity (Wildman–Crippen MR) is 328 cm³/mol. The second kappa shape index (κ2) is 27.0. The van der Waals surface area contributed by atoms with Crippen LogP contribution >= 0.6 is 45.2 Å². The Kier molecular flexibility index (Phi) is 19.9. The van der Waals surface area contributed by atoms with Gasteiger partial charge in [0, 0.05) is 62.0 Å². The maximum absolute atomic E-state index is 12.8. The predicted octanol–water partition coefficient (Wildman–Crippen LogP) is 11.6. The molecule has 424 valence electrons. The third kappa shape index (κ3) is 15.8. The Balaban J connectivity index is 0.000000139. The monoisotopic (exact) mass is 1320 g/mol. The fraction of sp³-hybridized carbons (Fsp3) is 0.339. The minimum atomic E-state index is -0.648. The van der Waals surface area contributed by atoms with Crippen LogP contribution in [-0.2, 0) is 9.47 Å². The summed E-state index contributed by atoms with van der Waals surface area (Å²) in [6, 6.07) is 20.2. The second-order valence-electron chi connectivity index (χ2n) is 21.4. The number of aliphatic hydroxyl groups is 2. The van der Waals surface area contributed by atoms with Crippen molar-refractivity contribution in [2.75, 3.05) is 0 Å². The van der Waals surface area contributed by atoms with Crippen molar-refractivity contribution < 1.29 is 38.9 Å². The maximum atomic E-state index is 12.8. The number of aliphatic hydroxyl groups excluding tert-OH is 2. The minimum absolute atomic E-state index is 0.144. The van der Waals surface area contributed by atoms with Crippen LogP contribution in [0.5, 0.6) is 0 Å². The van der Waals surface area contributed by atoms with Gasteiger partial charge in [-0.15, -0.1) is 0 Å². The molecule has 0 spiro atoms. The summed E-state index contributed by atoms with van der Waals surface area (Å²) in [6.45, 7) is 10.9. The molecule has 10 heterocycles. The van der Waals surface area contributed by atoms with Crippen LogP contribution in [0.2, 0.25) is 0 Å². The topological polar surface area (TPSA) is 273 Å². The first-order chi connectivity index (χ1) is 38.7. The Bertz CT molecular complexity index is 3730. The minimum Gasteiger partial charge on any atom is -0.443 e. The Morgan fingerprint density at radius 1 is 0.531 bits per heavy atom. The summed E-state index contributed by atoms with van der Waals surface area (Å²) in [5.74, 6) is -0.516. The molecule has 22 heteroatoms. The van der Waals surface area contributed by atoms with Crippen molar-refractivity contribution in [3.05, 3.63) is 147 Å². The largest absolute Gasteiger partial charge is 0.443 e. The number of aromatic amines is 3. The number of rotatable bonds is 4. The lowest BCUT2D eigenvalue weighted by atomic mass is 9.92. The van der Waals surface area contributed by atoms with Crippen LogP contribution in [0.3, 0.4) is 0 Å². The quantitative estimate of drug-likeness (QED) is 0.0809. The summed E-state index contributed by atoms with van der Waals surface area (Å²) >= 11 is 4.42. The van der Waals surface area contributed by atoms with Gasteiger partial charge in [0.15, 0.2) is 0 Å². The summed E-state index contributed by atoms with van der Waals surface area (Å²) in [4.78, 5) is 79.8. The molecule has 81 heavy (non-hydrogen) atoms. The number of halogens is 2. The molecule has 2 fully saturated rings. The third-order valence-electron chi connectivity index (χ3n) is 13.0. The number of aromatic nitrogens is 10. The number of nitrogens with zero attached hydrogens (tertiary/aromatic N) is 7. The van der Waals surface area contributed by atoms with E-state index in [0.717, 1.165) is 87.1 Å². The maximum Gasteiger partial charge on any atom is 0.419 e. The Labute approximate surface area is 494 Å². The standard InChI is InChI=1S/C19H25N3O4.C14H17N3O2.C12H13IN2O2.C7H5IN2.C7H6N2/c1-19(2,3)26-18(25)22-11-12(16-14(22)8-6-10-20-16)17(24)21-13-7-4-5-9-15(13)23;18-12-6-2-1-4-10(12)17-14(19)9-8-16-11-5-3-7-15-13(9)11;1-12(2,3)17-11(16)15-7-8(13)10-9(15)5-4-6-14-10;8-5-4-10-6-2-1-3-9-7(5)6;1-2-6-7(8-4-1)3-5-9-6/h6,8,10-11,13,15,23H,4-5,7,9H2,1-3H3,(H,21,24);3,5,7-8,10,12,16,18H,1-2,4,6H2,(H,17,19);4-7H,1-3H3;1-4,10H;1-5,9H/t13-,15-;10-,12-;;;/m00.../s1. The first kappa shape index (κ1) is 59.8. The molecule has 2 amide bonds. The first-order valence-corrected chi connectivity index (χ1v) is 28.8. The van der Waals surface area contributed by atoms with Crippen molar-refractivity contribution in [3.8, 4) is 0 Å². The van der Waals surface area contributed by atoms with Crippen LogP contribution in [0.25, 0.3) is 55.2 Å². The van der Waals surface area contributed by atoms with Crippen molar-refractivity contribution in [1.29, 1.82) is 0 Å². The summed E-state index contributed by atoms with van der Waals surface area (Å²) in [5, 5.41) is 25.8. The van der Waals surface area contributed by atoms with Crippen molar-refractivity contribution in [1.82, 2.24) is 59.6 Å². The van der Waals surface area contributed by atoms with Gasteiger partial charge in [-0.3, -0.25) is 39.1 Å². The molecule has 0 aromatic carbocycles. The van der Waals surface area contributed by atoms with Crippen LogP contribution in [-0.4, -0.2) is 119 Å². The zero-order chi connectivity index (χ0) is 57.8. The molecule has 0 aliphatic heterocycles. The molecule has 10 aromatic heterocycles. The highest BCUT2D eigenvalue weighted by molar-refractivity contribution is 14.1. The molecule has 2 saturated carbocycles. The second-order valence-corrected chi connectivity index (χ2v) is 23.7. The fourth-order valence-electron chi connectivity index (χ4n) is 9.15. The van der Waals surface area contributed by atoms with Crippen LogP contribution in [0, 0.1) is 7.14 Å². The molecule has 0 unspecified atom stereocenters. The molecular weight excluding hydrogens is 1260 g/mol. The van der Waals surface area contributed by atoms with Crippen LogP contribution in [0.15, 0.2) is 129 Å². The van der Waals surface area contributed by atoms with Crippen LogP contribution in [0.4, 0.5) is 9.59 Å². The zero-order valence-electron chi connectivity index (χ0n) is 45.8. The number of carbonyl (C=O) groups excluding carboxylic acids is 4. The molecule has 0 radical (unpaired) electrons. The van der Waals surface area contributed by atoms with Crippen LogP contribution in [0.1, 0.15) is 114 Å². The number of fused-ring (bicyclic) bond motifs is 5. The molecule has 2 aliphatic rings. The Hall–Kier alpha value is -7.29. The number of nitrogens with one attached hydrogen (secondary N) is 5.